The summed E-state index contributed by atoms with van der Waals surface area (Å²) < 4.78 is 0. The highest BCUT2D eigenvalue weighted by molar-refractivity contribution is 5.75. The van der Waals surface area contributed by atoms with Crippen LogP contribution in [0.5, 0.6) is 0 Å². The van der Waals surface area contributed by atoms with E-state index in [1.807, 2.05) is 0 Å². The van der Waals surface area contributed by atoms with Gasteiger partial charge in [-0.3, -0.25) is 9.59 Å². The molecule has 0 aromatic heterocycles. The maximum Gasteiger partial charge on any atom is 0.219 e. The molecule has 0 bridgehead atoms. The third-order valence-electron chi connectivity index (χ3n) is 14.1. The van der Waals surface area contributed by atoms with Gasteiger partial charge in [0.1, 0.15) is 0 Å². The van der Waals surface area contributed by atoms with Crippen molar-refractivity contribution in [2.24, 2.45) is 5.73 Å². The molecule has 0 spiro atoms. The monoisotopic (exact) mass is 917 g/mol. The first-order valence-electron chi connectivity index (χ1n) is 30.6. The van der Waals surface area contributed by atoms with Gasteiger partial charge in [0.2, 0.25) is 11.8 Å². The van der Waals surface area contributed by atoms with E-state index in [1.165, 1.54) is 321 Å². The molecule has 0 aromatic carbocycles. The molecule has 0 aliphatic rings. The minimum absolute atomic E-state index is 0.149. The van der Waals surface area contributed by atoms with Gasteiger partial charge in [-0.1, -0.05) is 342 Å². The Morgan fingerprint density at radius 1 is 0.246 bits per heavy atom. The van der Waals surface area contributed by atoms with Crippen molar-refractivity contribution in [3.8, 4) is 0 Å². The van der Waals surface area contributed by atoms with Crippen molar-refractivity contribution >= 4 is 11.8 Å². The molecule has 65 heavy (non-hydrogen) atoms. The summed E-state index contributed by atoms with van der Waals surface area (Å²) in [5.74, 6) is 0.119. The van der Waals surface area contributed by atoms with Gasteiger partial charge in [-0.2, -0.15) is 0 Å². The quantitative estimate of drug-likeness (QED) is 0.0597. The third-order valence-corrected chi connectivity index (χ3v) is 14.1. The highest BCUT2D eigenvalue weighted by Gasteiger charge is 2.02. The lowest BCUT2D eigenvalue weighted by Crippen LogP contribution is -2.23. The second-order valence-corrected chi connectivity index (χ2v) is 21.0. The fourth-order valence-electron chi connectivity index (χ4n) is 9.55. The Kier molecular flexibility index (Phi) is 63.9. The van der Waals surface area contributed by atoms with Crippen molar-refractivity contribution in [2.45, 2.75) is 374 Å². The number of carbonyl (C=O) groups excluding carboxylic acids is 2. The van der Waals surface area contributed by atoms with Gasteiger partial charge in [-0.15, -0.1) is 0 Å². The maximum atomic E-state index is 11.8. The largest absolute Gasteiger partial charge is 0.370 e. The van der Waals surface area contributed by atoms with E-state index in [1.54, 1.807) is 0 Å². The molecular weight excluding hydrogens is 793 g/mol. The van der Waals surface area contributed by atoms with Gasteiger partial charge in [0.05, 0.1) is 0 Å². The van der Waals surface area contributed by atoms with Gasteiger partial charge in [0, 0.05) is 19.4 Å². The van der Waals surface area contributed by atoms with E-state index >= 15 is 0 Å². The van der Waals surface area contributed by atoms with Crippen LogP contribution in [0.2, 0.25) is 0 Å². The van der Waals surface area contributed by atoms with Gasteiger partial charge >= 0.3 is 0 Å². The lowest BCUT2D eigenvalue weighted by Gasteiger charge is -2.05. The minimum Gasteiger partial charge on any atom is -0.370 e. The number of unbranched alkanes of at least 4 members (excludes halogenated alkanes) is 50. The zero-order valence-electron chi connectivity index (χ0n) is 45.5. The van der Waals surface area contributed by atoms with E-state index < -0.39 is 0 Å². The SMILES string of the molecule is CCCCCCCCCCCCCCCCCCCCCCCCCCC(=O)NCCCCCCC.CCCCCCCCCCCCCCCCCCCCCCCCCCC(N)=O. The fourth-order valence-corrected chi connectivity index (χ4v) is 9.55. The Morgan fingerprint density at radius 3 is 0.615 bits per heavy atom. The second kappa shape index (κ2) is 62.9. The molecular formula is C61H124N2O2. The van der Waals surface area contributed by atoms with Crippen LogP contribution in [-0.2, 0) is 9.59 Å². The molecule has 0 saturated heterocycles. The van der Waals surface area contributed by atoms with Crippen LogP contribution in [0.4, 0.5) is 0 Å². The summed E-state index contributed by atoms with van der Waals surface area (Å²) in [6.45, 7) is 7.71. The van der Waals surface area contributed by atoms with Crippen LogP contribution in [0, 0.1) is 0 Å². The minimum atomic E-state index is -0.149. The summed E-state index contributed by atoms with van der Waals surface area (Å²) in [6, 6.07) is 0. The molecule has 2 amide bonds. The molecule has 3 N–H and O–H groups in total. The summed E-state index contributed by atoms with van der Waals surface area (Å²) in [5.41, 5.74) is 5.15. The van der Waals surface area contributed by atoms with Crippen LogP contribution in [0.3, 0.4) is 0 Å². The molecule has 0 aliphatic carbocycles. The molecule has 0 saturated carbocycles. The predicted molar refractivity (Wildman–Crippen MR) is 293 cm³/mol. The molecule has 0 aliphatic heterocycles. The van der Waals surface area contributed by atoms with E-state index in [9.17, 15) is 9.59 Å². The van der Waals surface area contributed by atoms with Crippen molar-refractivity contribution in [1.82, 2.24) is 5.32 Å². The van der Waals surface area contributed by atoms with E-state index in [4.69, 9.17) is 5.73 Å². The van der Waals surface area contributed by atoms with Crippen LogP contribution in [-0.4, -0.2) is 18.4 Å². The molecule has 0 unspecified atom stereocenters. The van der Waals surface area contributed by atoms with Gasteiger partial charge in [0.25, 0.3) is 0 Å². The Bertz CT molecular complexity index is 861. The number of primary amides is 1. The van der Waals surface area contributed by atoms with E-state index in [0.29, 0.717) is 6.42 Å². The first kappa shape index (κ1) is 66.0. The van der Waals surface area contributed by atoms with Crippen molar-refractivity contribution in [3.05, 3.63) is 0 Å². The molecule has 390 valence electrons. The van der Waals surface area contributed by atoms with E-state index in [2.05, 4.69) is 26.1 Å². The average molecular weight is 918 g/mol. The zero-order valence-corrected chi connectivity index (χ0v) is 45.5. The highest BCUT2D eigenvalue weighted by atomic mass is 16.1. The molecule has 0 fully saturated rings. The first-order valence-corrected chi connectivity index (χ1v) is 30.6. The standard InChI is InChI=1S/C34H69NO.C27H55NO/c1-3-5-7-9-10-11-12-13-14-15-16-17-18-19-20-21-22-23-24-25-26-27-28-30-32-34(36)35-33-31-29-8-6-4-2;1-2-3-4-5-6-7-8-9-10-11-12-13-14-15-16-17-18-19-20-21-22-23-24-25-26-27(28)29/h3-33H2,1-2H3,(H,35,36);2-26H2,1H3,(H2,28,29). The smallest absolute Gasteiger partial charge is 0.219 e. The molecule has 0 atom stereocenters. The second-order valence-electron chi connectivity index (χ2n) is 21.0. The third kappa shape index (κ3) is 67.3. The summed E-state index contributed by atoms with van der Waals surface area (Å²) in [7, 11) is 0. The lowest BCUT2D eigenvalue weighted by molar-refractivity contribution is -0.121. The molecule has 4 heteroatoms. The van der Waals surface area contributed by atoms with E-state index in [0.717, 1.165) is 32.2 Å². The summed E-state index contributed by atoms with van der Waals surface area (Å²) >= 11 is 0. The van der Waals surface area contributed by atoms with Crippen LogP contribution >= 0.6 is 0 Å². The fraction of sp³-hybridized carbons (Fsp3) is 0.967. The number of nitrogens with one attached hydrogen (secondary N) is 1. The average Bonchev–Trinajstić information content (AvgIpc) is 3.30. The lowest BCUT2D eigenvalue weighted by atomic mass is 10.0. The van der Waals surface area contributed by atoms with Crippen molar-refractivity contribution in [2.75, 3.05) is 6.54 Å². The zero-order chi connectivity index (χ0) is 47.5. The molecule has 0 radical (unpaired) electrons. The molecule has 4 nitrogen and oxygen atoms in total. The van der Waals surface area contributed by atoms with Crippen LogP contribution in [0.25, 0.3) is 0 Å². The van der Waals surface area contributed by atoms with Crippen LogP contribution in [0.15, 0.2) is 0 Å². The van der Waals surface area contributed by atoms with E-state index in [-0.39, 0.29) is 11.8 Å². The first-order chi connectivity index (χ1) is 32.1. The molecule has 0 rings (SSSR count). The van der Waals surface area contributed by atoms with Crippen molar-refractivity contribution in [1.29, 1.82) is 0 Å². The van der Waals surface area contributed by atoms with Gasteiger partial charge < -0.3 is 11.1 Å². The van der Waals surface area contributed by atoms with Crippen molar-refractivity contribution in [3.63, 3.8) is 0 Å². The number of hydrogen-bond acceptors (Lipinski definition) is 2. The normalized spacial score (nSPS) is 11.2. The summed E-state index contributed by atoms with van der Waals surface area (Å²) in [4.78, 5) is 22.5. The summed E-state index contributed by atoms with van der Waals surface area (Å²) in [5, 5.41) is 3.09. The maximum absolute atomic E-state index is 11.8. The number of rotatable bonds is 56. The molecule has 0 aromatic rings. The number of carbonyl (C=O) groups is 2. The van der Waals surface area contributed by atoms with Gasteiger partial charge in [0.15, 0.2) is 0 Å². The van der Waals surface area contributed by atoms with Crippen LogP contribution in [0.1, 0.15) is 374 Å². The topological polar surface area (TPSA) is 72.2 Å². The Balaban J connectivity index is 0. The Morgan fingerprint density at radius 2 is 0.415 bits per heavy atom. The predicted octanol–water partition coefficient (Wildman–Crippen LogP) is 21.1. The Labute approximate surface area is 411 Å². The van der Waals surface area contributed by atoms with Crippen LogP contribution < -0.4 is 11.1 Å². The van der Waals surface area contributed by atoms with Gasteiger partial charge in [-0.05, 0) is 19.3 Å². The number of hydrogen-bond donors (Lipinski definition) is 2. The highest BCUT2D eigenvalue weighted by Crippen LogP contribution is 2.18. The van der Waals surface area contributed by atoms with Crippen molar-refractivity contribution < 1.29 is 9.59 Å². The summed E-state index contributed by atoms with van der Waals surface area (Å²) in [6.07, 6.45) is 75.3. The number of nitrogens with two attached hydrogens (primary N) is 1. The molecule has 0 heterocycles. The Hall–Kier alpha value is -1.06. The van der Waals surface area contributed by atoms with Gasteiger partial charge in [-0.25, -0.2) is 0 Å². The number of amides is 2.